The number of nitrogens with one attached hydrogen (secondary N) is 1. The van der Waals surface area contributed by atoms with Gasteiger partial charge in [-0.15, -0.1) is 0 Å². The molecule has 0 spiro atoms. The zero-order chi connectivity index (χ0) is 19.9. The van der Waals surface area contributed by atoms with Crippen LogP contribution in [0.15, 0.2) is 54.9 Å². The Kier molecular flexibility index (Phi) is 6.14. The maximum absolute atomic E-state index is 4.88. The fraction of sp³-hybridized carbons (Fsp3) is 0.364. The molecule has 1 fully saturated rings. The van der Waals surface area contributed by atoms with Gasteiger partial charge in [0.1, 0.15) is 5.82 Å². The summed E-state index contributed by atoms with van der Waals surface area (Å²) in [5, 5.41) is 3.46. The average molecular weight is 390 g/mol. The van der Waals surface area contributed by atoms with Gasteiger partial charge in [0.15, 0.2) is 0 Å². The van der Waals surface area contributed by atoms with Gasteiger partial charge in [-0.1, -0.05) is 43.7 Å². The maximum atomic E-state index is 4.88. The summed E-state index contributed by atoms with van der Waals surface area (Å²) in [5.41, 5.74) is 2.05. The molecule has 7 heteroatoms. The summed E-state index contributed by atoms with van der Waals surface area (Å²) in [5.74, 6) is 2.45. The van der Waals surface area contributed by atoms with Gasteiger partial charge < -0.3 is 15.1 Å². The molecule has 4 rings (SSSR count). The van der Waals surface area contributed by atoms with Crippen molar-refractivity contribution < 1.29 is 0 Å². The Bertz CT molecular complexity index is 894. The van der Waals surface area contributed by atoms with Gasteiger partial charge in [0.2, 0.25) is 11.9 Å². The van der Waals surface area contributed by atoms with Crippen molar-refractivity contribution in [2.24, 2.45) is 0 Å². The predicted octanol–water partition coefficient (Wildman–Crippen LogP) is 3.47. The lowest BCUT2D eigenvalue weighted by atomic mass is 10.1. The fourth-order valence-corrected chi connectivity index (χ4v) is 3.38. The second-order valence-electron chi connectivity index (χ2n) is 7.11. The maximum Gasteiger partial charge on any atom is 0.227 e. The first-order chi connectivity index (χ1) is 14.3. The molecular weight excluding hydrogens is 362 g/mol. The van der Waals surface area contributed by atoms with Crippen molar-refractivity contribution in [1.82, 2.24) is 19.9 Å². The topological polar surface area (TPSA) is 70.1 Å². The van der Waals surface area contributed by atoms with Crippen LogP contribution in [0.25, 0.3) is 11.3 Å². The van der Waals surface area contributed by atoms with Crippen LogP contribution in [0, 0.1) is 0 Å². The van der Waals surface area contributed by atoms with Crippen molar-refractivity contribution >= 4 is 17.7 Å². The molecule has 0 saturated carbocycles. The predicted molar refractivity (Wildman–Crippen MR) is 117 cm³/mol. The summed E-state index contributed by atoms with van der Waals surface area (Å²) >= 11 is 0. The number of aromatic nitrogens is 4. The van der Waals surface area contributed by atoms with Crippen molar-refractivity contribution in [3.05, 3.63) is 54.9 Å². The standard InChI is InChI=1S/C22H27N7/c1-2-3-10-23-20-17-19(18-8-5-4-6-9-18)26-22(27-20)29-15-13-28(14-16-29)21-24-11-7-12-25-21/h4-9,11-12,17H,2-3,10,13-16H2,1H3,(H,23,26,27). The molecule has 1 aliphatic rings. The lowest BCUT2D eigenvalue weighted by molar-refractivity contribution is 0.628. The molecule has 150 valence electrons. The van der Waals surface area contributed by atoms with Gasteiger partial charge in [-0.05, 0) is 12.5 Å². The van der Waals surface area contributed by atoms with E-state index >= 15 is 0 Å². The Balaban J connectivity index is 1.53. The normalized spacial score (nSPS) is 14.1. The largest absolute Gasteiger partial charge is 0.370 e. The Labute approximate surface area is 171 Å². The molecular formula is C22H27N7. The van der Waals surface area contributed by atoms with Crippen molar-refractivity contribution in [1.29, 1.82) is 0 Å². The van der Waals surface area contributed by atoms with Crippen LogP contribution in [0.1, 0.15) is 19.8 Å². The first-order valence-corrected chi connectivity index (χ1v) is 10.3. The Morgan fingerprint density at radius 1 is 0.862 bits per heavy atom. The molecule has 1 saturated heterocycles. The highest BCUT2D eigenvalue weighted by Crippen LogP contribution is 2.24. The SMILES string of the molecule is CCCCNc1cc(-c2ccccc2)nc(N2CCN(c3ncccn3)CC2)n1. The zero-order valence-corrected chi connectivity index (χ0v) is 16.8. The second-order valence-corrected chi connectivity index (χ2v) is 7.11. The third-order valence-corrected chi connectivity index (χ3v) is 5.02. The molecule has 7 nitrogen and oxygen atoms in total. The third kappa shape index (κ3) is 4.80. The van der Waals surface area contributed by atoms with E-state index in [0.29, 0.717) is 0 Å². The summed E-state index contributed by atoms with van der Waals surface area (Å²) in [6.07, 6.45) is 5.85. The highest BCUT2D eigenvalue weighted by atomic mass is 15.4. The molecule has 1 aliphatic heterocycles. The van der Waals surface area contributed by atoms with E-state index in [1.165, 1.54) is 0 Å². The molecule has 1 N–H and O–H groups in total. The van der Waals surface area contributed by atoms with Crippen LogP contribution in [0.5, 0.6) is 0 Å². The molecule has 0 aliphatic carbocycles. The Hall–Kier alpha value is -3.22. The summed E-state index contributed by atoms with van der Waals surface area (Å²) < 4.78 is 0. The highest BCUT2D eigenvalue weighted by molar-refractivity contribution is 5.64. The van der Waals surface area contributed by atoms with E-state index in [1.807, 2.05) is 30.3 Å². The van der Waals surface area contributed by atoms with Gasteiger partial charge in [0.25, 0.3) is 0 Å². The van der Waals surface area contributed by atoms with Gasteiger partial charge in [-0.25, -0.2) is 15.0 Å². The van der Waals surface area contributed by atoms with Crippen LogP contribution < -0.4 is 15.1 Å². The van der Waals surface area contributed by atoms with E-state index in [-0.39, 0.29) is 0 Å². The molecule has 2 aromatic heterocycles. The van der Waals surface area contributed by atoms with Crippen LogP contribution in [-0.4, -0.2) is 52.7 Å². The first kappa shape index (κ1) is 19.1. The van der Waals surface area contributed by atoms with Crippen LogP contribution in [0.4, 0.5) is 17.7 Å². The van der Waals surface area contributed by atoms with E-state index in [1.54, 1.807) is 12.4 Å². The smallest absolute Gasteiger partial charge is 0.227 e. The van der Waals surface area contributed by atoms with Crippen LogP contribution in [-0.2, 0) is 0 Å². The van der Waals surface area contributed by atoms with Gasteiger partial charge in [0.05, 0.1) is 5.69 Å². The number of anilines is 3. The monoisotopic (exact) mass is 389 g/mol. The van der Waals surface area contributed by atoms with Gasteiger partial charge >= 0.3 is 0 Å². The van der Waals surface area contributed by atoms with Crippen LogP contribution in [0.3, 0.4) is 0 Å². The highest BCUT2D eigenvalue weighted by Gasteiger charge is 2.21. The number of rotatable bonds is 7. The van der Waals surface area contributed by atoms with E-state index in [9.17, 15) is 0 Å². The molecule has 0 amide bonds. The number of nitrogens with zero attached hydrogens (tertiary/aromatic N) is 6. The lowest BCUT2D eigenvalue weighted by Gasteiger charge is -2.34. The van der Waals surface area contributed by atoms with Crippen molar-refractivity contribution in [3.63, 3.8) is 0 Å². The van der Waals surface area contributed by atoms with Crippen molar-refractivity contribution in [2.45, 2.75) is 19.8 Å². The van der Waals surface area contributed by atoms with E-state index in [4.69, 9.17) is 9.97 Å². The summed E-state index contributed by atoms with van der Waals surface area (Å²) in [4.78, 5) is 22.9. The number of benzene rings is 1. The van der Waals surface area contributed by atoms with Gasteiger partial charge in [-0.2, -0.15) is 4.98 Å². The van der Waals surface area contributed by atoms with Gasteiger partial charge in [0, 0.05) is 56.7 Å². The Morgan fingerprint density at radius 3 is 2.24 bits per heavy atom. The molecule has 1 aromatic carbocycles. The summed E-state index contributed by atoms with van der Waals surface area (Å²) in [6, 6.07) is 14.2. The second kappa shape index (κ2) is 9.32. The van der Waals surface area contributed by atoms with Crippen LogP contribution >= 0.6 is 0 Å². The average Bonchev–Trinajstić information content (AvgIpc) is 2.80. The number of unbranched alkanes of at least 4 members (excludes halogenated alkanes) is 1. The van der Waals surface area contributed by atoms with Gasteiger partial charge in [-0.3, -0.25) is 0 Å². The molecule has 29 heavy (non-hydrogen) atoms. The zero-order valence-electron chi connectivity index (χ0n) is 16.8. The minimum atomic E-state index is 0.777. The molecule has 0 atom stereocenters. The van der Waals surface area contributed by atoms with Crippen molar-refractivity contribution in [2.75, 3.05) is 47.8 Å². The molecule has 3 heterocycles. The van der Waals surface area contributed by atoms with Crippen LogP contribution in [0.2, 0.25) is 0 Å². The number of piperazine rings is 1. The quantitative estimate of drug-likeness (QED) is 0.621. The third-order valence-electron chi connectivity index (χ3n) is 5.02. The minimum absolute atomic E-state index is 0.777. The molecule has 0 unspecified atom stereocenters. The molecule has 0 radical (unpaired) electrons. The Morgan fingerprint density at radius 2 is 1.55 bits per heavy atom. The van der Waals surface area contributed by atoms with Crippen molar-refractivity contribution in [3.8, 4) is 11.3 Å². The van der Waals surface area contributed by atoms with E-state index in [0.717, 1.165) is 74.5 Å². The van der Waals surface area contributed by atoms with E-state index < -0.39 is 0 Å². The fourth-order valence-electron chi connectivity index (χ4n) is 3.38. The molecule has 0 bridgehead atoms. The summed E-state index contributed by atoms with van der Waals surface area (Å²) in [7, 11) is 0. The lowest BCUT2D eigenvalue weighted by Crippen LogP contribution is -2.47. The van der Waals surface area contributed by atoms with E-state index in [2.05, 4.69) is 44.1 Å². The number of hydrogen-bond acceptors (Lipinski definition) is 7. The first-order valence-electron chi connectivity index (χ1n) is 10.3. The molecule has 3 aromatic rings. The minimum Gasteiger partial charge on any atom is -0.370 e. The summed E-state index contributed by atoms with van der Waals surface area (Å²) in [6.45, 7) is 6.48. The number of hydrogen-bond donors (Lipinski definition) is 1.